The number of hydrogen-bond donors (Lipinski definition) is 2. The molecular formula is C12H13ClN4OS. The van der Waals surface area contributed by atoms with Gasteiger partial charge in [-0.1, -0.05) is 18.5 Å². The number of thioether (sulfide) groups is 1. The van der Waals surface area contributed by atoms with Gasteiger partial charge >= 0.3 is 0 Å². The molecule has 100 valence electrons. The van der Waals surface area contributed by atoms with Gasteiger partial charge in [0.25, 0.3) is 5.91 Å². The van der Waals surface area contributed by atoms with Crippen LogP contribution in [0.2, 0.25) is 5.02 Å². The van der Waals surface area contributed by atoms with E-state index < -0.39 is 0 Å². The number of carbonyl (C=O) groups excluding carboxylic acids is 1. The first-order valence-electron chi connectivity index (χ1n) is 5.73. The molecule has 0 unspecified atom stereocenters. The lowest BCUT2D eigenvalue weighted by Gasteiger charge is -2.07. The van der Waals surface area contributed by atoms with Gasteiger partial charge in [0.2, 0.25) is 5.95 Å². The number of amides is 1. The summed E-state index contributed by atoms with van der Waals surface area (Å²) in [5, 5.41) is 9.81. The molecule has 1 aromatic carbocycles. The second kappa shape index (κ2) is 6.08. The Kier molecular flexibility index (Phi) is 4.44. The molecule has 2 aromatic rings. The third kappa shape index (κ3) is 3.48. The highest BCUT2D eigenvalue weighted by atomic mass is 35.5. The van der Waals surface area contributed by atoms with Crippen LogP contribution in [-0.4, -0.2) is 26.8 Å². The zero-order valence-electron chi connectivity index (χ0n) is 10.5. The Labute approximate surface area is 120 Å². The van der Waals surface area contributed by atoms with Gasteiger partial charge in [0, 0.05) is 9.92 Å². The lowest BCUT2D eigenvalue weighted by atomic mass is 10.2. The van der Waals surface area contributed by atoms with E-state index in [-0.39, 0.29) is 11.9 Å². The standard InChI is InChI=1S/C12H13ClN4OS/c1-3-19-10-6-8(13)4-5-9(10)11(18)15-12-14-7(2)16-17-12/h4-6H,3H2,1-2H3,(H2,14,15,16,17,18). The molecule has 0 aliphatic heterocycles. The Morgan fingerprint density at radius 1 is 1.53 bits per heavy atom. The van der Waals surface area contributed by atoms with Crippen molar-refractivity contribution in [3.05, 3.63) is 34.6 Å². The fraction of sp³-hybridized carbons (Fsp3) is 0.250. The fourth-order valence-electron chi connectivity index (χ4n) is 1.53. The Bertz CT molecular complexity index is 599. The van der Waals surface area contributed by atoms with Crippen LogP contribution in [0.4, 0.5) is 5.95 Å². The zero-order valence-corrected chi connectivity index (χ0v) is 12.1. The lowest BCUT2D eigenvalue weighted by molar-refractivity contribution is 0.102. The molecule has 2 rings (SSSR count). The van der Waals surface area contributed by atoms with Crippen molar-refractivity contribution in [2.45, 2.75) is 18.7 Å². The minimum atomic E-state index is -0.244. The second-order valence-corrected chi connectivity index (χ2v) is 5.51. The lowest BCUT2D eigenvalue weighted by Crippen LogP contribution is -2.14. The number of nitrogens with one attached hydrogen (secondary N) is 2. The topological polar surface area (TPSA) is 70.7 Å². The highest BCUT2D eigenvalue weighted by Gasteiger charge is 2.14. The number of anilines is 1. The van der Waals surface area contributed by atoms with E-state index in [1.54, 1.807) is 36.9 Å². The van der Waals surface area contributed by atoms with Crippen LogP contribution in [-0.2, 0) is 0 Å². The van der Waals surface area contributed by atoms with Crippen molar-refractivity contribution < 1.29 is 4.79 Å². The predicted octanol–water partition coefficient (Wildman–Crippen LogP) is 3.13. The average Bonchev–Trinajstić information content (AvgIpc) is 2.75. The van der Waals surface area contributed by atoms with Gasteiger partial charge in [-0.3, -0.25) is 15.2 Å². The summed E-state index contributed by atoms with van der Waals surface area (Å²) in [5.41, 5.74) is 0.568. The summed E-state index contributed by atoms with van der Waals surface area (Å²) >= 11 is 7.51. The van der Waals surface area contributed by atoms with E-state index in [4.69, 9.17) is 11.6 Å². The number of rotatable bonds is 4. The van der Waals surface area contributed by atoms with E-state index >= 15 is 0 Å². The van der Waals surface area contributed by atoms with Gasteiger partial charge in [-0.05, 0) is 30.9 Å². The zero-order chi connectivity index (χ0) is 13.8. The molecule has 0 saturated heterocycles. The number of benzene rings is 1. The minimum Gasteiger partial charge on any atom is -0.289 e. The summed E-state index contributed by atoms with van der Waals surface area (Å²) in [4.78, 5) is 17.1. The monoisotopic (exact) mass is 296 g/mol. The summed E-state index contributed by atoms with van der Waals surface area (Å²) < 4.78 is 0. The van der Waals surface area contributed by atoms with Crippen molar-refractivity contribution in [2.24, 2.45) is 0 Å². The summed E-state index contributed by atoms with van der Waals surface area (Å²) in [7, 11) is 0. The first-order chi connectivity index (χ1) is 9.10. The van der Waals surface area contributed by atoms with Crippen LogP contribution < -0.4 is 5.32 Å². The molecule has 0 fully saturated rings. The van der Waals surface area contributed by atoms with Crippen LogP contribution in [0.3, 0.4) is 0 Å². The number of aromatic nitrogens is 3. The maximum absolute atomic E-state index is 12.2. The minimum absolute atomic E-state index is 0.244. The second-order valence-electron chi connectivity index (χ2n) is 3.77. The molecule has 7 heteroatoms. The van der Waals surface area contributed by atoms with E-state index in [1.165, 1.54) is 0 Å². The highest BCUT2D eigenvalue weighted by Crippen LogP contribution is 2.26. The summed E-state index contributed by atoms with van der Waals surface area (Å²) in [6.45, 7) is 3.79. The molecule has 0 bridgehead atoms. The van der Waals surface area contributed by atoms with Crippen LogP contribution in [0, 0.1) is 6.92 Å². The Morgan fingerprint density at radius 2 is 2.32 bits per heavy atom. The molecule has 1 amide bonds. The van der Waals surface area contributed by atoms with E-state index in [2.05, 4.69) is 20.5 Å². The third-order valence-electron chi connectivity index (χ3n) is 2.31. The van der Waals surface area contributed by atoms with Crippen molar-refractivity contribution in [1.29, 1.82) is 0 Å². The van der Waals surface area contributed by atoms with Crippen molar-refractivity contribution in [1.82, 2.24) is 15.2 Å². The van der Waals surface area contributed by atoms with Crippen molar-refractivity contribution in [3.63, 3.8) is 0 Å². The van der Waals surface area contributed by atoms with Gasteiger partial charge in [0.1, 0.15) is 5.82 Å². The van der Waals surface area contributed by atoms with Gasteiger partial charge in [-0.15, -0.1) is 16.9 Å². The third-order valence-corrected chi connectivity index (χ3v) is 3.48. The van der Waals surface area contributed by atoms with E-state index in [9.17, 15) is 4.79 Å². The van der Waals surface area contributed by atoms with Crippen LogP contribution >= 0.6 is 23.4 Å². The van der Waals surface area contributed by atoms with Crippen LogP contribution in [0.5, 0.6) is 0 Å². The van der Waals surface area contributed by atoms with Crippen molar-refractivity contribution >= 4 is 35.2 Å². The molecule has 0 aliphatic carbocycles. The highest BCUT2D eigenvalue weighted by molar-refractivity contribution is 7.99. The molecule has 2 N–H and O–H groups in total. The predicted molar refractivity (Wildman–Crippen MR) is 76.9 cm³/mol. The summed E-state index contributed by atoms with van der Waals surface area (Å²) in [6, 6.07) is 5.18. The molecule has 0 atom stereocenters. The molecule has 1 heterocycles. The first-order valence-corrected chi connectivity index (χ1v) is 7.09. The van der Waals surface area contributed by atoms with Gasteiger partial charge in [-0.2, -0.15) is 4.98 Å². The number of aryl methyl sites for hydroxylation is 1. The molecule has 0 aliphatic rings. The quantitative estimate of drug-likeness (QED) is 0.850. The molecular weight excluding hydrogens is 284 g/mol. The molecule has 19 heavy (non-hydrogen) atoms. The van der Waals surface area contributed by atoms with Crippen LogP contribution in [0.25, 0.3) is 0 Å². The number of halogens is 1. The van der Waals surface area contributed by atoms with Crippen molar-refractivity contribution in [2.75, 3.05) is 11.1 Å². The molecule has 0 spiro atoms. The average molecular weight is 297 g/mol. The Hall–Kier alpha value is -1.53. The van der Waals surface area contributed by atoms with Gasteiger partial charge in [-0.25, -0.2) is 0 Å². The molecule has 0 saturated carbocycles. The smallest absolute Gasteiger partial charge is 0.259 e. The first kappa shape index (κ1) is 13.9. The maximum Gasteiger partial charge on any atom is 0.259 e. The van der Waals surface area contributed by atoms with Gasteiger partial charge < -0.3 is 0 Å². The van der Waals surface area contributed by atoms with Gasteiger partial charge in [0.05, 0.1) is 5.56 Å². The van der Waals surface area contributed by atoms with Crippen LogP contribution in [0.15, 0.2) is 23.1 Å². The Morgan fingerprint density at radius 3 is 2.95 bits per heavy atom. The number of H-pyrrole nitrogens is 1. The number of hydrogen-bond acceptors (Lipinski definition) is 4. The maximum atomic E-state index is 12.2. The fourth-order valence-corrected chi connectivity index (χ4v) is 2.60. The Balaban J connectivity index is 2.23. The number of aromatic amines is 1. The summed E-state index contributed by atoms with van der Waals surface area (Å²) in [5.74, 6) is 1.53. The van der Waals surface area contributed by atoms with Crippen molar-refractivity contribution in [3.8, 4) is 0 Å². The largest absolute Gasteiger partial charge is 0.289 e. The normalized spacial score (nSPS) is 10.5. The van der Waals surface area contributed by atoms with E-state index in [0.29, 0.717) is 16.4 Å². The molecule has 1 aromatic heterocycles. The number of nitrogens with zero attached hydrogens (tertiary/aromatic N) is 2. The van der Waals surface area contributed by atoms with E-state index in [1.807, 2.05) is 6.92 Å². The SMILES string of the molecule is CCSc1cc(Cl)ccc1C(=O)Nc1n[nH]c(C)n1. The molecule has 0 radical (unpaired) electrons. The van der Waals surface area contributed by atoms with Gasteiger partial charge in [0.15, 0.2) is 0 Å². The number of carbonyl (C=O) groups is 1. The van der Waals surface area contributed by atoms with E-state index in [0.717, 1.165) is 10.6 Å². The molecule has 5 nitrogen and oxygen atoms in total. The summed E-state index contributed by atoms with van der Waals surface area (Å²) in [6.07, 6.45) is 0. The van der Waals surface area contributed by atoms with Crippen LogP contribution in [0.1, 0.15) is 23.1 Å².